The Morgan fingerprint density at radius 3 is 2.32 bits per heavy atom. The van der Waals surface area contributed by atoms with Crippen molar-refractivity contribution in [2.75, 3.05) is 26.7 Å². The summed E-state index contributed by atoms with van der Waals surface area (Å²) in [5.74, 6) is -0.907. The van der Waals surface area contributed by atoms with Crippen LogP contribution in [0.2, 0.25) is 0 Å². The van der Waals surface area contributed by atoms with Crippen LogP contribution in [-0.4, -0.2) is 44.3 Å². The van der Waals surface area contributed by atoms with E-state index in [1.54, 1.807) is 19.1 Å². The molecule has 0 aromatic heterocycles. The third-order valence-corrected chi connectivity index (χ3v) is 6.64. The molecule has 3 rings (SSSR count). The largest absolute Gasteiger partial charge is 0.297 e. The fourth-order valence-corrected chi connectivity index (χ4v) is 4.78. The van der Waals surface area contributed by atoms with Crippen LogP contribution in [0.1, 0.15) is 17.2 Å². The zero-order valence-corrected chi connectivity index (χ0v) is 14.9. The molecule has 1 aliphatic heterocycles. The third-order valence-electron chi connectivity index (χ3n) is 4.63. The Balaban J connectivity index is 1.92. The van der Waals surface area contributed by atoms with Gasteiger partial charge in [-0.1, -0.05) is 18.2 Å². The minimum absolute atomic E-state index is 0.00471. The van der Waals surface area contributed by atoms with Crippen molar-refractivity contribution < 1.29 is 17.2 Å². The van der Waals surface area contributed by atoms with Crippen molar-refractivity contribution in [3.8, 4) is 0 Å². The van der Waals surface area contributed by atoms with Crippen molar-refractivity contribution in [2.24, 2.45) is 0 Å². The van der Waals surface area contributed by atoms with E-state index in [4.69, 9.17) is 0 Å². The van der Waals surface area contributed by atoms with Crippen molar-refractivity contribution in [3.63, 3.8) is 0 Å². The topological polar surface area (TPSA) is 40.6 Å². The molecule has 0 spiro atoms. The van der Waals surface area contributed by atoms with Crippen molar-refractivity contribution >= 4 is 10.0 Å². The summed E-state index contributed by atoms with van der Waals surface area (Å²) in [6.45, 7) is 2.75. The zero-order valence-electron chi connectivity index (χ0n) is 14.1. The van der Waals surface area contributed by atoms with Gasteiger partial charge >= 0.3 is 0 Å². The number of nitrogens with zero attached hydrogens (tertiary/aromatic N) is 2. The maximum absolute atomic E-state index is 13.6. The lowest BCUT2D eigenvalue weighted by Gasteiger charge is -2.39. The van der Waals surface area contributed by atoms with Gasteiger partial charge in [-0.3, -0.25) is 4.90 Å². The molecule has 4 nitrogen and oxygen atoms in total. The number of hydrogen-bond donors (Lipinski definition) is 0. The first-order chi connectivity index (χ1) is 11.8. The normalized spacial score (nSPS) is 19.9. The molecule has 1 atom stereocenters. The Morgan fingerprint density at radius 2 is 1.64 bits per heavy atom. The van der Waals surface area contributed by atoms with Crippen LogP contribution in [0.5, 0.6) is 0 Å². The maximum Gasteiger partial charge on any atom is 0.243 e. The van der Waals surface area contributed by atoms with Gasteiger partial charge in [0.05, 0.1) is 4.90 Å². The van der Waals surface area contributed by atoms with Gasteiger partial charge in [-0.05, 0) is 49.4 Å². The number of piperazine rings is 1. The lowest BCUT2D eigenvalue weighted by atomic mass is 10.0. The molecule has 134 valence electrons. The molecular formula is C18H20F2N2O2S. The van der Waals surface area contributed by atoms with Crippen molar-refractivity contribution in [2.45, 2.75) is 17.9 Å². The highest BCUT2D eigenvalue weighted by Crippen LogP contribution is 2.29. The Labute approximate surface area is 146 Å². The third kappa shape index (κ3) is 3.58. The first-order valence-electron chi connectivity index (χ1n) is 8.01. The van der Waals surface area contributed by atoms with Gasteiger partial charge in [0.1, 0.15) is 11.6 Å². The molecule has 25 heavy (non-hydrogen) atoms. The van der Waals surface area contributed by atoms with Crippen LogP contribution in [0.3, 0.4) is 0 Å². The van der Waals surface area contributed by atoms with Gasteiger partial charge in [0.25, 0.3) is 0 Å². The summed E-state index contributed by atoms with van der Waals surface area (Å²) >= 11 is 0. The number of hydrogen-bond acceptors (Lipinski definition) is 3. The van der Waals surface area contributed by atoms with E-state index in [0.717, 1.165) is 11.6 Å². The van der Waals surface area contributed by atoms with Crippen LogP contribution in [0.4, 0.5) is 8.78 Å². The molecule has 0 N–H and O–H groups in total. The van der Waals surface area contributed by atoms with Gasteiger partial charge < -0.3 is 0 Å². The molecule has 0 bridgehead atoms. The summed E-state index contributed by atoms with van der Waals surface area (Å²) < 4.78 is 54.1. The number of sulfonamides is 1. The van der Waals surface area contributed by atoms with Crippen LogP contribution in [0.25, 0.3) is 0 Å². The lowest BCUT2D eigenvalue weighted by molar-refractivity contribution is 0.148. The van der Waals surface area contributed by atoms with Gasteiger partial charge in [-0.25, -0.2) is 17.2 Å². The van der Waals surface area contributed by atoms with Crippen molar-refractivity contribution in [1.29, 1.82) is 0 Å². The molecular weight excluding hydrogens is 346 g/mol. The van der Waals surface area contributed by atoms with Crippen LogP contribution in [0.15, 0.2) is 47.4 Å². The fourth-order valence-electron chi connectivity index (χ4n) is 3.10. The summed E-state index contributed by atoms with van der Waals surface area (Å²) in [4.78, 5) is 2.03. The molecule has 2 aromatic carbocycles. The average Bonchev–Trinajstić information content (AvgIpc) is 2.58. The Hall–Kier alpha value is -1.83. The molecule has 7 heteroatoms. The second-order valence-electron chi connectivity index (χ2n) is 6.32. The number of halogens is 2. The first kappa shape index (κ1) is 18.0. The predicted molar refractivity (Wildman–Crippen MR) is 91.7 cm³/mol. The van der Waals surface area contributed by atoms with Gasteiger partial charge in [0.15, 0.2) is 0 Å². The second kappa shape index (κ2) is 6.82. The Kier molecular flexibility index (Phi) is 4.90. The molecule has 0 amide bonds. The SMILES string of the molecule is Cc1ccc(F)cc1S(=O)(=O)N1CCN(C)[C@@H](c2ccc(F)cc2)C1. The van der Waals surface area contributed by atoms with E-state index in [9.17, 15) is 17.2 Å². The van der Waals surface area contributed by atoms with E-state index in [-0.39, 0.29) is 23.3 Å². The first-order valence-corrected chi connectivity index (χ1v) is 9.45. The number of aryl methyl sites for hydroxylation is 1. The Bertz CT molecular complexity index is 869. The molecule has 0 aliphatic carbocycles. The van der Waals surface area contributed by atoms with Gasteiger partial charge in [-0.15, -0.1) is 0 Å². The molecule has 0 saturated carbocycles. The molecule has 1 aliphatic rings. The predicted octanol–water partition coefficient (Wildman–Crippen LogP) is 2.95. The molecule has 1 fully saturated rings. The molecule has 0 unspecified atom stereocenters. The molecule has 1 saturated heterocycles. The molecule has 2 aromatic rings. The number of likely N-dealkylation sites (N-methyl/N-ethyl adjacent to an activating group) is 1. The molecule has 0 radical (unpaired) electrons. The maximum atomic E-state index is 13.6. The average molecular weight is 366 g/mol. The minimum atomic E-state index is -3.80. The standard InChI is InChI=1S/C18H20F2N2O2S/c1-13-3-6-16(20)11-18(13)25(23,24)22-10-9-21(2)17(12-22)14-4-7-15(19)8-5-14/h3-8,11,17H,9-10,12H2,1-2H3/t17-/m1/s1. The number of rotatable bonds is 3. The van der Waals surface area contributed by atoms with Crippen LogP contribution in [-0.2, 0) is 10.0 Å². The van der Waals surface area contributed by atoms with E-state index in [2.05, 4.69) is 0 Å². The summed E-state index contributed by atoms with van der Waals surface area (Å²) in [7, 11) is -1.89. The van der Waals surface area contributed by atoms with Crippen molar-refractivity contribution in [1.82, 2.24) is 9.21 Å². The van der Waals surface area contributed by atoms with Gasteiger partial charge in [0.2, 0.25) is 10.0 Å². The van der Waals surface area contributed by atoms with Gasteiger partial charge in [0, 0.05) is 25.7 Å². The monoisotopic (exact) mass is 366 g/mol. The van der Waals surface area contributed by atoms with Crippen LogP contribution in [0, 0.1) is 18.6 Å². The second-order valence-corrected chi connectivity index (χ2v) is 8.23. The van der Waals surface area contributed by atoms with E-state index < -0.39 is 15.8 Å². The zero-order chi connectivity index (χ0) is 18.2. The minimum Gasteiger partial charge on any atom is -0.297 e. The van der Waals surface area contributed by atoms with Crippen molar-refractivity contribution in [3.05, 3.63) is 65.2 Å². The van der Waals surface area contributed by atoms with Crippen LogP contribution < -0.4 is 0 Å². The van der Waals surface area contributed by atoms with E-state index in [1.807, 2.05) is 11.9 Å². The molecule has 1 heterocycles. The Morgan fingerprint density at radius 1 is 1.00 bits per heavy atom. The summed E-state index contributed by atoms with van der Waals surface area (Å²) in [5, 5.41) is 0. The van der Waals surface area contributed by atoms with Crippen LogP contribution >= 0.6 is 0 Å². The highest BCUT2D eigenvalue weighted by atomic mass is 32.2. The van der Waals surface area contributed by atoms with E-state index >= 15 is 0 Å². The van der Waals surface area contributed by atoms with E-state index in [0.29, 0.717) is 18.7 Å². The smallest absolute Gasteiger partial charge is 0.243 e. The lowest BCUT2D eigenvalue weighted by Crippen LogP contribution is -2.49. The van der Waals surface area contributed by atoms with Gasteiger partial charge in [-0.2, -0.15) is 4.31 Å². The highest BCUT2D eigenvalue weighted by molar-refractivity contribution is 7.89. The van der Waals surface area contributed by atoms with E-state index in [1.165, 1.54) is 28.6 Å². The number of benzene rings is 2. The highest BCUT2D eigenvalue weighted by Gasteiger charge is 2.34. The summed E-state index contributed by atoms with van der Waals surface area (Å²) in [5.41, 5.74) is 1.36. The fraction of sp³-hybridized carbons (Fsp3) is 0.333. The summed E-state index contributed by atoms with van der Waals surface area (Å²) in [6.07, 6.45) is 0. The quantitative estimate of drug-likeness (QED) is 0.839. The summed E-state index contributed by atoms with van der Waals surface area (Å²) in [6, 6.07) is 9.67.